The number of rotatable bonds is 1. The normalized spacial score (nSPS) is 8.80. The van der Waals surface area contributed by atoms with Crippen molar-refractivity contribution in [1.29, 1.82) is 0 Å². The number of hydrogen-bond acceptors (Lipinski definition) is 0. The molecule has 0 saturated heterocycles. The van der Waals surface area contributed by atoms with E-state index >= 15 is 0 Å². The summed E-state index contributed by atoms with van der Waals surface area (Å²) in [6.45, 7) is 2.09. The summed E-state index contributed by atoms with van der Waals surface area (Å²) < 4.78 is 0. The molecule has 0 saturated carbocycles. The zero-order chi connectivity index (χ0) is 7.40. The van der Waals surface area contributed by atoms with E-state index < -0.39 is 0 Å². The highest BCUT2D eigenvalue weighted by atomic mass is 14.0. The highest BCUT2D eigenvalue weighted by molar-refractivity contribution is 5.38. The van der Waals surface area contributed by atoms with E-state index in [9.17, 15) is 0 Å². The fraction of sp³-hybridized carbons (Fsp3) is 0.200. The van der Waals surface area contributed by atoms with E-state index in [-0.39, 0.29) is 0 Å². The Hall–Kier alpha value is -1.22. The summed E-state index contributed by atoms with van der Waals surface area (Å²) in [5.41, 5.74) is 2.09. The first-order valence-electron chi connectivity index (χ1n) is 3.34. The van der Waals surface area contributed by atoms with Crippen molar-refractivity contribution in [2.75, 3.05) is 0 Å². The van der Waals surface area contributed by atoms with Gasteiger partial charge in [0.05, 0.1) is 0 Å². The number of benzene rings is 1. The van der Waals surface area contributed by atoms with Crippen LogP contribution in [-0.4, -0.2) is 0 Å². The van der Waals surface area contributed by atoms with Crippen molar-refractivity contribution < 1.29 is 0 Å². The lowest BCUT2D eigenvalue weighted by atomic mass is 10.1. The summed E-state index contributed by atoms with van der Waals surface area (Å²) in [7, 11) is 0. The van der Waals surface area contributed by atoms with Crippen LogP contribution in [0, 0.1) is 18.4 Å². The molecule has 0 fully saturated rings. The van der Waals surface area contributed by atoms with Crippen molar-refractivity contribution in [3.8, 4) is 12.3 Å². The lowest BCUT2D eigenvalue weighted by Gasteiger charge is -1.97. The molecule has 49 valence electrons. The maximum absolute atomic E-state index is 5.24. The summed E-state index contributed by atoms with van der Waals surface area (Å²) in [5.74, 6) is 2.59. The van der Waals surface area contributed by atoms with Crippen molar-refractivity contribution in [1.82, 2.24) is 0 Å². The van der Waals surface area contributed by atoms with Gasteiger partial charge in [0.25, 0.3) is 0 Å². The largest absolute Gasteiger partial charge is 0.115 e. The van der Waals surface area contributed by atoms with Crippen LogP contribution in [0.4, 0.5) is 0 Å². The van der Waals surface area contributed by atoms with Crippen molar-refractivity contribution in [3.05, 3.63) is 35.4 Å². The molecule has 0 heterocycles. The summed E-state index contributed by atoms with van der Waals surface area (Å²) in [4.78, 5) is 0. The second-order valence-electron chi connectivity index (χ2n) is 2.07. The zero-order valence-electron chi connectivity index (χ0n) is 6.02. The third-order valence-electron chi connectivity index (χ3n) is 1.47. The van der Waals surface area contributed by atoms with E-state index in [2.05, 4.69) is 18.9 Å². The molecule has 1 aromatic carbocycles. The highest BCUT2D eigenvalue weighted by Crippen LogP contribution is 2.05. The van der Waals surface area contributed by atoms with Gasteiger partial charge in [-0.25, -0.2) is 0 Å². The van der Waals surface area contributed by atoms with Gasteiger partial charge in [-0.3, -0.25) is 0 Å². The quantitative estimate of drug-likeness (QED) is 0.509. The summed E-state index contributed by atoms with van der Waals surface area (Å²) in [6, 6.07) is 8.83. The molecule has 0 aliphatic carbocycles. The van der Waals surface area contributed by atoms with E-state index in [1.807, 2.05) is 18.2 Å². The van der Waals surface area contributed by atoms with Crippen molar-refractivity contribution in [2.45, 2.75) is 13.3 Å². The molecule has 0 unspecified atom stereocenters. The minimum atomic E-state index is 0.894. The summed E-state index contributed by atoms with van der Waals surface area (Å²) >= 11 is 0. The van der Waals surface area contributed by atoms with Gasteiger partial charge < -0.3 is 0 Å². The Labute approximate surface area is 61.9 Å². The number of hydrogen-bond donors (Lipinski definition) is 0. The average molecular weight is 129 g/mol. The second kappa shape index (κ2) is 3.08. The van der Waals surface area contributed by atoms with Crippen LogP contribution in [0.2, 0.25) is 0 Å². The van der Waals surface area contributed by atoms with E-state index in [0.717, 1.165) is 12.0 Å². The van der Waals surface area contributed by atoms with Crippen LogP contribution in [-0.2, 0) is 6.42 Å². The summed E-state index contributed by atoms with van der Waals surface area (Å²) in [5, 5.41) is 0. The second-order valence-corrected chi connectivity index (χ2v) is 2.07. The highest BCUT2D eigenvalue weighted by Gasteiger charge is 1.93. The van der Waals surface area contributed by atoms with E-state index in [1.165, 1.54) is 5.56 Å². The Kier molecular flexibility index (Phi) is 2.12. The Morgan fingerprint density at radius 2 is 2.50 bits per heavy atom. The van der Waals surface area contributed by atoms with Crippen molar-refractivity contribution in [3.63, 3.8) is 0 Å². The van der Waals surface area contributed by atoms with Gasteiger partial charge in [-0.05, 0) is 18.1 Å². The molecule has 0 spiro atoms. The molecule has 0 aromatic heterocycles. The van der Waals surface area contributed by atoms with Crippen LogP contribution < -0.4 is 0 Å². The monoisotopic (exact) mass is 129 g/mol. The molecule has 1 radical (unpaired) electrons. The van der Waals surface area contributed by atoms with Crippen LogP contribution in [0.15, 0.2) is 18.2 Å². The average Bonchev–Trinajstić information content (AvgIpc) is 2.04. The summed E-state index contributed by atoms with van der Waals surface area (Å²) in [6.07, 6.45) is 6.23. The van der Waals surface area contributed by atoms with Gasteiger partial charge in [0.2, 0.25) is 0 Å². The van der Waals surface area contributed by atoms with E-state index in [4.69, 9.17) is 6.42 Å². The lowest BCUT2D eigenvalue weighted by molar-refractivity contribution is 1.13. The van der Waals surface area contributed by atoms with E-state index in [0.29, 0.717) is 0 Å². The minimum absolute atomic E-state index is 0.894. The number of aryl methyl sites for hydroxylation is 1. The molecule has 1 rings (SSSR count). The molecular weight excluding hydrogens is 120 g/mol. The van der Waals surface area contributed by atoms with Gasteiger partial charge in [0, 0.05) is 5.56 Å². The molecule has 10 heavy (non-hydrogen) atoms. The first-order valence-corrected chi connectivity index (χ1v) is 3.34. The van der Waals surface area contributed by atoms with Gasteiger partial charge in [-0.1, -0.05) is 31.0 Å². The third kappa shape index (κ3) is 1.19. The Morgan fingerprint density at radius 3 is 3.00 bits per heavy atom. The molecule has 0 N–H and O–H groups in total. The van der Waals surface area contributed by atoms with Gasteiger partial charge in [0.15, 0.2) is 0 Å². The molecule has 0 nitrogen and oxygen atoms in total. The molecule has 0 heteroatoms. The van der Waals surface area contributed by atoms with Crippen LogP contribution in [0.3, 0.4) is 0 Å². The van der Waals surface area contributed by atoms with Crippen LogP contribution in [0.25, 0.3) is 0 Å². The van der Waals surface area contributed by atoms with Crippen LogP contribution in [0.1, 0.15) is 18.1 Å². The molecule has 0 aliphatic heterocycles. The third-order valence-corrected chi connectivity index (χ3v) is 1.47. The molecular formula is C10H9. The standard InChI is InChI=1S/C10H9/c1-3-9-7-5-6-8-10(9)4-2/h1,5-6,8H,4H2,2H3. The predicted octanol–water partition coefficient (Wildman–Crippen LogP) is 2.03. The zero-order valence-corrected chi connectivity index (χ0v) is 6.02. The number of terminal acetylenes is 1. The van der Waals surface area contributed by atoms with Crippen molar-refractivity contribution in [2.24, 2.45) is 0 Å². The Bertz CT molecular complexity index is 253. The molecule has 1 aromatic rings. The lowest BCUT2D eigenvalue weighted by Crippen LogP contribution is -1.84. The Morgan fingerprint density at radius 1 is 1.70 bits per heavy atom. The van der Waals surface area contributed by atoms with Crippen LogP contribution >= 0.6 is 0 Å². The maximum atomic E-state index is 5.24. The Balaban J connectivity index is 3.12. The van der Waals surface area contributed by atoms with Gasteiger partial charge >= 0.3 is 0 Å². The maximum Gasteiger partial charge on any atom is 0.0353 e. The molecule has 0 aliphatic rings. The molecule has 0 atom stereocenters. The first-order chi connectivity index (χ1) is 4.88. The first kappa shape index (κ1) is 6.89. The van der Waals surface area contributed by atoms with Gasteiger partial charge in [-0.2, -0.15) is 0 Å². The fourth-order valence-corrected chi connectivity index (χ4v) is 0.901. The predicted molar refractivity (Wildman–Crippen MR) is 42.6 cm³/mol. The molecule has 0 bridgehead atoms. The van der Waals surface area contributed by atoms with Crippen LogP contribution in [0.5, 0.6) is 0 Å². The SMILES string of the molecule is C#Cc1[c]cccc1CC. The van der Waals surface area contributed by atoms with E-state index in [1.54, 1.807) is 0 Å². The fourth-order valence-electron chi connectivity index (χ4n) is 0.901. The van der Waals surface area contributed by atoms with Gasteiger partial charge in [0.1, 0.15) is 0 Å². The topological polar surface area (TPSA) is 0 Å². The minimum Gasteiger partial charge on any atom is -0.115 e. The van der Waals surface area contributed by atoms with Crippen molar-refractivity contribution >= 4 is 0 Å². The van der Waals surface area contributed by atoms with Gasteiger partial charge in [-0.15, -0.1) is 6.42 Å². The smallest absolute Gasteiger partial charge is 0.0353 e. The molecule has 0 amide bonds.